The molecule has 0 radical (unpaired) electrons. The van der Waals surface area contributed by atoms with Gasteiger partial charge in [-0.25, -0.2) is 0 Å². The largest absolute Gasteiger partial charge is 0.480 e. The van der Waals surface area contributed by atoms with Crippen molar-refractivity contribution < 1.29 is 29.4 Å². The van der Waals surface area contributed by atoms with Gasteiger partial charge in [0.15, 0.2) is 0 Å². The van der Waals surface area contributed by atoms with Gasteiger partial charge in [0, 0.05) is 12.2 Å². The van der Waals surface area contributed by atoms with Gasteiger partial charge in [0.25, 0.3) is 0 Å². The molecule has 0 fully saturated rings. The SMILES string of the molecule is CCCSC[C@H](NC(=O)CC[C@@H](N)C(=O)O)C(=O)NCC(=O)O. The van der Waals surface area contributed by atoms with Crippen LogP contribution in [0.1, 0.15) is 26.2 Å². The third-order valence-electron chi connectivity index (χ3n) is 2.70. The number of hydrogen-bond donors (Lipinski definition) is 5. The van der Waals surface area contributed by atoms with Crippen LogP contribution in [0.5, 0.6) is 0 Å². The summed E-state index contributed by atoms with van der Waals surface area (Å²) in [5.74, 6) is -2.39. The molecule has 0 unspecified atom stereocenters. The topological polar surface area (TPSA) is 159 Å². The maximum atomic E-state index is 11.9. The molecule has 0 saturated carbocycles. The van der Waals surface area contributed by atoms with Crippen LogP contribution in [-0.4, -0.2) is 64.1 Å². The van der Waals surface area contributed by atoms with Gasteiger partial charge in [-0.05, 0) is 18.6 Å². The van der Waals surface area contributed by atoms with E-state index < -0.39 is 42.4 Å². The zero-order valence-corrected chi connectivity index (χ0v) is 13.7. The zero-order chi connectivity index (χ0) is 17.8. The van der Waals surface area contributed by atoms with E-state index in [2.05, 4.69) is 10.6 Å². The van der Waals surface area contributed by atoms with Crippen LogP contribution in [0.15, 0.2) is 0 Å². The molecule has 0 saturated heterocycles. The van der Waals surface area contributed by atoms with Crippen LogP contribution in [0.25, 0.3) is 0 Å². The molecule has 23 heavy (non-hydrogen) atoms. The summed E-state index contributed by atoms with van der Waals surface area (Å²) in [4.78, 5) is 44.8. The Kier molecular flexibility index (Phi) is 10.8. The Labute approximate surface area is 138 Å². The lowest BCUT2D eigenvalue weighted by Crippen LogP contribution is -2.49. The van der Waals surface area contributed by atoms with Crippen molar-refractivity contribution in [3.8, 4) is 0 Å². The van der Waals surface area contributed by atoms with Crippen molar-refractivity contribution in [3.63, 3.8) is 0 Å². The van der Waals surface area contributed by atoms with Crippen molar-refractivity contribution in [2.24, 2.45) is 5.73 Å². The van der Waals surface area contributed by atoms with E-state index >= 15 is 0 Å². The van der Waals surface area contributed by atoms with Gasteiger partial charge in [-0.2, -0.15) is 11.8 Å². The molecule has 0 aromatic carbocycles. The summed E-state index contributed by atoms with van der Waals surface area (Å²) in [6, 6.07) is -2.02. The van der Waals surface area contributed by atoms with Gasteiger partial charge in [-0.1, -0.05) is 6.92 Å². The van der Waals surface area contributed by atoms with Crippen molar-refractivity contribution >= 4 is 35.5 Å². The predicted octanol–water partition coefficient (Wildman–Crippen LogP) is -0.993. The zero-order valence-electron chi connectivity index (χ0n) is 12.9. The van der Waals surface area contributed by atoms with E-state index in [1.807, 2.05) is 6.92 Å². The number of aliphatic carboxylic acids is 2. The molecule has 0 aromatic heterocycles. The first-order valence-corrected chi connectivity index (χ1v) is 8.28. The first kappa shape index (κ1) is 21.2. The molecule has 0 aliphatic carbocycles. The monoisotopic (exact) mass is 349 g/mol. The van der Waals surface area contributed by atoms with E-state index in [9.17, 15) is 19.2 Å². The van der Waals surface area contributed by atoms with E-state index in [0.29, 0.717) is 5.75 Å². The number of carboxylic acid groups (broad SMARTS) is 2. The molecule has 2 atom stereocenters. The summed E-state index contributed by atoms with van der Waals surface area (Å²) in [6.45, 7) is 1.44. The second-order valence-electron chi connectivity index (χ2n) is 4.79. The van der Waals surface area contributed by atoms with Gasteiger partial charge >= 0.3 is 11.9 Å². The van der Waals surface area contributed by atoms with Crippen LogP contribution < -0.4 is 16.4 Å². The van der Waals surface area contributed by atoms with Gasteiger partial charge < -0.3 is 26.6 Å². The quantitative estimate of drug-likeness (QED) is 0.281. The van der Waals surface area contributed by atoms with E-state index in [1.165, 1.54) is 11.8 Å². The summed E-state index contributed by atoms with van der Waals surface area (Å²) >= 11 is 1.45. The number of carboxylic acids is 2. The van der Waals surface area contributed by atoms with Gasteiger partial charge in [0.05, 0.1) is 0 Å². The van der Waals surface area contributed by atoms with Crippen molar-refractivity contribution in [2.45, 2.75) is 38.3 Å². The molecule has 132 valence electrons. The van der Waals surface area contributed by atoms with E-state index in [1.54, 1.807) is 0 Å². The molecule has 10 heteroatoms. The highest BCUT2D eigenvalue weighted by molar-refractivity contribution is 7.99. The maximum absolute atomic E-state index is 11.9. The van der Waals surface area contributed by atoms with Gasteiger partial charge in [0.2, 0.25) is 11.8 Å². The van der Waals surface area contributed by atoms with Gasteiger partial charge in [-0.15, -0.1) is 0 Å². The Morgan fingerprint density at radius 3 is 2.39 bits per heavy atom. The van der Waals surface area contributed by atoms with Gasteiger partial charge in [-0.3, -0.25) is 19.2 Å². The Hall–Kier alpha value is -1.81. The number of nitrogens with two attached hydrogens (primary N) is 1. The molecule has 0 aromatic rings. The van der Waals surface area contributed by atoms with Crippen molar-refractivity contribution in [2.75, 3.05) is 18.1 Å². The normalized spacial score (nSPS) is 13.0. The molecular weight excluding hydrogens is 326 g/mol. The van der Waals surface area contributed by atoms with Crippen molar-refractivity contribution in [1.82, 2.24) is 10.6 Å². The second kappa shape index (κ2) is 11.7. The summed E-state index contributed by atoms with van der Waals surface area (Å²) in [7, 11) is 0. The molecule has 0 heterocycles. The fourth-order valence-corrected chi connectivity index (χ4v) is 2.42. The number of rotatable bonds is 12. The minimum absolute atomic E-state index is 0.0489. The minimum Gasteiger partial charge on any atom is -0.480 e. The average molecular weight is 349 g/mol. The average Bonchev–Trinajstić information content (AvgIpc) is 2.49. The molecule has 9 nitrogen and oxygen atoms in total. The van der Waals surface area contributed by atoms with E-state index in [-0.39, 0.29) is 12.8 Å². The molecule has 0 aliphatic rings. The molecule has 2 amide bonds. The van der Waals surface area contributed by atoms with Gasteiger partial charge in [0.1, 0.15) is 18.6 Å². The number of thioether (sulfide) groups is 1. The number of carbonyl (C=O) groups excluding carboxylic acids is 2. The van der Waals surface area contributed by atoms with E-state index in [4.69, 9.17) is 15.9 Å². The van der Waals surface area contributed by atoms with Crippen LogP contribution in [0.2, 0.25) is 0 Å². The fraction of sp³-hybridized carbons (Fsp3) is 0.692. The molecular formula is C13H23N3O6S. The molecule has 0 rings (SSSR count). The third-order valence-corrected chi connectivity index (χ3v) is 3.96. The Balaban J connectivity index is 4.48. The molecule has 0 aliphatic heterocycles. The summed E-state index contributed by atoms with van der Waals surface area (Å²) < 4.78 is 0. The van der Waals surface area contributed by atoms with Crippen LogP contribution in [-0.2, 0) is 19.2 Å². The third kappa shape index (κ3) is 10.5. The highest BCUT2D eigenvalue weighted by Gasteiger charge is 2.22. The highest BCUT2D eigenvalue weighted by Crippen LogP contribution is 2.06. The number of carbonyl (C=O) groups is 4. The molecule has 0 spiro atoms. The lowest BCUT2D eigenvalue weighted by molar-refractivity contribution is -0.139. The highest BCUT2D eigenvalue weighted by atomic mass is 32.2. The number of hydrogen-bond acceptors (Lipinski definition) is 6. The first-order valence-electron chi connectivity index (χ1n) is 7.12. The first-order chi connectivity index (χ1) is 10.8. The summed E-state index contributed by atoms with van der Waals surface area (Å²) in [5, 5.41) is 21.9. The van der Waals surface area contributed by atoms with Crippen LogP contribution >= 0.6 is 11.8 Å². The predicted molar refractivity (Wildman–Crippen MR) is 85.0 cm³/mol. The summed E-state index contributed by atoms with van der Waals surface area (Å²) in [5.41, 5.74) is 5.31. The van der Waals surface area contributed by atoms with Crippen LogP contribution in [0.4, 0.5) is 0 Å². The van der Waals surface area contributed by atoms with Crippen molar-refractivity contribution in [3.05, 3.63) is 0 Å². The smallest absolute Gasteiger partial charge is 0.322 e. The fourth-order valence-electron chi connectivity index (χ4n) is 1.49. The lowest BCUT2D eigenvalue weighted by atomic mass is 10.1. The summed E-state index contributed by atoms with van der Waals surface area (Å²) in [6.07, 6.45) is 0.719. The van der Waals surface area contributed by atoms with Crippen molar-refractivity contribution in [1.29, 1.82) is 0 Å². The Morgan fingerprint density at radius 2 is 1.87 bits per heavy atom. The minimum atomic E-state index is -1.20. The number of nitrogens with one attached hydrogen (secondary N) is 2. The molecule has 0 bridgehead atoms. The Morgan fingerprint density at radius 1 is 1.22 bits per heavy atom. The Bertz CT molecular complexity index is 432. The van der Waals surface area contributed by atoms with Crippen LogP contribution in [0, 0.1) is 0 Å². The standard InChI is InChI=1S/C13H23N3O6S/c1-2-5-23-7-9(12(20)15-6-11(18)19)16-10(17)4-3-8(14)13(21)22/h8-9H,2-7,14H2,1H3,(H,15,20)(H,16,17)(H,18,19)(H,21,22)/t8-,9+/m1/s1. The van der Waals surface area contributed by atoms with Crippen LogP contribution in [0.3, 0.4) is 0 Å². The maximum Gasteiger partial charge on any atom is 0.322 e. The number of amides is 2. The second-order valence-corrected chi connectivity index (χ2v) is 5.94. The lowest BCUT2D eigenvalue weighted by Gasteiger charge is -2.18. The van der Waals surface area contributed by atoms with E-state index in [0.717, 1.165) is 12.2 Å². The molecule has 6 N–H and O–H groups in total.